The molecular weight excluding hydrogens is 300 g/mol. The quantitative estimate of drug-likeness (QED) is 0.860. The van der Waals surface area contributed by atoms with Gasteiger partial charge in [0.05, 0.1) is 6.10 Å². The Morgan fingerprint density at radius 1 is 1.38 bits per heavy atom. The van der Waals surface area contributed by atoms with Crippen molar-refractivity contribution in [3.63, 3.8) is 0 Å². The summed E-state index contributed by atoms with van der Waals surface area (Å²) in [6, 6.07) is 4.58. The smallest absolute Gasteiger partial charge is 0.258 e. The van der Waals surface area contributed by atoms with Crippen LogP contribution in [-0.2, 0) is 4.79 Å². The molecule has 0 bridgehead atoms. The molecule has 1 heterocycles. The number of benzene rings is 1. The lowest BCUT2D eigenvalue weighted by molar-refractivity contribution is -0.123. The first-order valence-corrected chi connectivity index (χ1v) is 7.05. The Labute approximate surface area is 124 Å². The van der Waals surface area contributed by atoms with Crippen molar-refractivity contribution in [2.75, 3.05) is 13.2 Å². The van der Waals surface area contributed by atoms with E-state index in [1.165, 1.54) is 11.3 Å². The Kier molecular flexibility index (Phi) is 5.24. The second-order valence-corrected chi connectivity index (χ2v) is 5.02. The minimum absolute atomic E-state index is 0.0326. The topological polar surface area (TPSA) is 58.6 Å². The van der Waals surface area contributed by atoms with E-state index in [2.05, 4.69) is 5.32 Å². The summed E-state index contributed by atoms with van der Waals surface area (Å²) in [6.07, 6.45) is -0.803. The number of halogens is 2. The van der Waals surface area contributed by atoms with E-state index < -0.39 is 30.3 Å². The first-order valence-electron chi connectivity index (χ1n) is 6.11. The lowest BCUT2D eigenvalue weighted by Crippen LogP contribution is -2.32. The molecule has 0 aliphatic heterocycles. The van der Waals surface area contributed by atoms with Crippen LogP contribution in [0, 0.1) is 11.6 Å². The van der Waals surface area contributed by atoms with E-state index in [0.29, 0.717) is 11.6 Å². The standard InChI is InChI=1S/C14H13F2NO3S/c15-10-1-2-13(11(16)5-10)20-7-14(19)17-6-12(18)9-3-4-21-8-9/h1-5,8,12,18H,6-7H2,(H,17,19). The van der Waals surface area contributed by atoms with Crippen LogP contribution in [0.4, 0.5) is 8.78 Å². The van der Waals surface area contributed by atoms with Crippen LogP contribution in [0.5, 0.6) is 5.75 Å². The molecule has 0 aliphatic carbocycles. The minimum Gasteiger partial charge on any atom is -0.481 e. The molecule has 1 atom stereocenters. The fourth-order valence-corrected chi connectivity index (χ4v) is 2.29. The van der Waals surface area contributed by atoms with Crippen molar-refractivity contribution in [1.29, 1.82) is 0 Å². The normalized spacial score (nSPS) is 12.0. The highest BCUT2D eigenvalue weighted by Crippen LogP contribution is 2.17. The van der Waals surface area contributed by atoms with Gasteiger partial charge in [-0.15, -0.1) is 0 Å². The number of amides is 1. The molecule has 21 heavy (non-hydrogen) atoms. The van der Waals surface area contributed by atoms with Crippen LogP contribution in [0.3, 0.4) is 0 Å². The zero-order valence-electron chi connectivity index (χ0n) is 10.9. The molecule has 0 aliphatic rings. The molecular formula is C14H13F2NO3S. The number of carbonyl (C=O) groups excluding carboxylic acids is 1. The van der Waals surface area contributed by atoms with E-state index in [-0.39, 0.29) is 12.3 Å². The van der Waals surface area contributed by atoms with Crippen molar-refractivity contribution in [3.05, 3.63) is 52.2 Å². The third kappa shape index (κ3) is 4.51. The molecule has 2 rings (SSSR count). The van der Waals surface area contributed by atoms with E-state index in [1.807, 2.05) is 5.38 Å². The van der Waals surface area contributed by atoms with E-state index in [4.69, 9.17) is 4.74 Å². The van der Waals surface area contributed by atoms with Gasteiger partial charge in [0.2, 0.25) is 0 Å². The molecule has 0 fully saturated rings. The summed E-state index contributed by atoms with van der Waals surface area (Å²) < 4.78 is 30.9. The van der Waals surface area contributed by atoms with Crippen LogP contribution in [0.25, 0.3) is 0 Å². The average molecular weight is 313 g/mol. The number of carbonyl (C=O) groups is 1. The second-order valence-electron chi connectivity index (χ2n) is 4.24. The van der Waals surface area contributed by atoms with Crippen LogP contribution in [0.15, 0.2) is 35.0 Å². The van der Waals surface area contributed by atoms with Gasteiger partial charge < -0.3 is 15.2 Å². The summed E-state index contributed by atoms with van der Waals surface area (Å²) in [5.74, 6) is -2.30. The van der Waals surface area contributed by atoms with Gasteiger partial charge in [-0.25, -0.2) is 8.78 Å². The van der Waals surface area contributed by atoms with Crippen molar-refractivity contribution in [1.82, 2.24) is 5.32 Å². The number of hydrogen-bond donors (Lipinski definition) is 2. The highest BCUT2D eigenvalue weighted by Gasteiger charge is 2.11. The van der Waals surface area contributed by atoms with Crippen molar-refractivity contribution in [2.24, 2.45) is 0 Å². The average Bonchev–Trinajstić information content (AvgIpc) is 2.98. The van der Waals surface area contributed by atoms with E-state index in [1.54, 1.807) is 11.4 Å². The third-order valence-corrected chi connectivity index (χ3v) is 3.37. The second kappa shape index (κ2) is 7.14. The maximum absolute atomic E-state index is 13.3. The van der Waals surface area contributed by atoms with Gasteiger partial charge in [-0.05, 0) is 34.5 Å². The monoisotopic (exact) mass is 313 g/mol. The Morgan fingerprint density at radius 3 is 2.86 bits per heavy atom. The predicted octanol–water partition coefficient (Wildman–Crippen LogP) is 2.25. The van der Waals surface area contributed by atoms with Gasteiger partial charge in [0.15, 0.2) is 18.2 Å². The van der Waals surface area contributed by atoms with Crippen molar-refractivity contribution >= 4 is 17.2 Å². The minimum atomic E-state index is -0.874. The highest BCUT2D eigenvalue weighted by atomic mass is 32.1. The van der Waals surface area contributed by atoms with E-state index in [0.717, 1.165) is 12.1 Å². The van der Waals surface area contributed by atoms with Crippen molar-refractivity contribution in [2.45, 2.75) is 6.10 Å². The van der Waals surface area contributed by atoms with Crippen LogP contribution in [0.1, 0.15) is 11.7 Å². The van der Waals surface area contributed by atoms with E-state index >= 15 is 0 Å². The van der Waals surface area contributed by atoms with E-state index in [9.17, 15) is 18.7 Å². The first kappa shape index (κ1) is 15.4. The molecule has 0 spiro atoms. The molecule has 1 amide bonds. The zero-order valence-corrected chi connectivity index (χ0v) is 11.7. The van der Waals surface area contributed by atoms with Crippen LogP contribution >= 0.6 is 11.3 Å². The number of hydrogen-bond acceptors (Lipinski definition) is 4. The molecule has 0 saturated heterocycles. The summed E-state index contributed by atoms with van der Waals surface area (Å²) in [6.45, 7) is -0.385. The van der Waals surface area contributed by atoms with Gasteiger partial charge in [-0.3, -0.25) is 4.79 Å². The highest BCUT2D eigenvalue weighted by molar-refractivity contribution is 7.07. The Hall–Kier alpha value is -1.99. The van der Waals surface area contributed by atoms with Crippen LogP contribution in [-0.4, -0.2) is 24.2 Å². The predicted molar refractivity (Wildman–Crippen MR) is 74.1 cm³/mol. The summed E-state index contributed by atoms with van der Waals surface area (Å²) >= 11 is 1.44. The molecule has 1 aromatic heterocycles. The summed E-state index contributed by atoms with van der Waals surface area (Å²) in [5.41, 5.74) is 0.714. The third-order valence-electron chi connectivity index (χ3n) is 2.67. The maximum Gasteiger partial charge on any atom is 0.258 e. The summed E-state index contributed by atoms with van der Waals surface area (Å²) in [7, 11) is 0. The zero-order chi connectivity index (χ0) is 15.2. The number of ether oxygens (including phenoxy) is 1. The Bertz CT molecular complexity index is 604. The molecule has 1 aromatic carbocycles. The first-order chi connectivity index (χ1) is 10.1. The molecule has 1 unspecified atom stereocenters. The lowest BCUT2D eigenvalue weighted by Gasteiger charge is -2.11. The number of aliphatic hydroxyl groups is 1. The number of thiophene rings is 1. The molecule has 0 saturated carbocycles. The fraction of sp³-hybridized carbons (Fsp3) is 0.214. The maximum atomic E-state index is 13.3. The molecule has 7 heteroatoms. The van der Waals surface area contributed by atoms with Crippen LogP contribution < -0.4 is 10.1 Å². The number of rotatable bonds is 6. The summed E-state index contributed by atoms with van der Waals surface area (Å²) in [5, 5.41) is 15.8. The van der Waals surface area contributed by atoms with Crippen LogP contribution in [0.2, 0.25) is 0 Å². The lowest BCUT2D eigenvalue weighted by atomic mass is 10.2. The molecule has 4 nitrogen and oxygen atoms in total. The fourth-order valence-electron chi connectivity index (χ4n) is 1.58. The van der Waals surface area contributed by atoms with Gasteiger partial charge >= 0.3 is 0 Å². The van der Waals surface area contributed by atoms with Crippen molar-refractivity contribution < 1.29 is 23.4 Å². The van der Waals surface area contributed by atoms with Gasteiger partial charge in [-0.1, -0.05) is 0 Å². The largest absolute Gasteiger partial charge is 0.481 e. The molecule has 0 radical (unpaired) electrons. The number of nitrogens with one attached hydrogen (secondary N) is 1. The SMILES string of the molecule is O=C(COc1ccc(F)cc1F)NCC(O)c1ccsc1. The number of aliphatic hydroxyl groups excluding tert-OH is 1. The molecule has 112 valence electrons. The van der Waals surface area contributed by atoms with Gasteiger partial charge in [-0.2, -0.15) is 11.3 Å². The molecule has 2 N–H and O–H groups in total. The van der Waals surface area contributed by atoms with Gasteiger partial charge in [0.1, 0.15) is 5.82 Å². The van der Waals surface area contributed by atoms with Crippen molar-refractivity contribution in [3.8, 4) is 5.75 Å². The molecule has 2 aromatic rings. The van der Waals surface area contributed by atoms with Gasteiger partial charge in [0.25, 0.3) is 5.91 Å². The van der Waals surface area contributed by atoms with Gasteiger partial charge in [0, 0.05) is 12.6 Å². The Balaban J connectivity index is 1.77. The summed E-state index contributed by atoms with van der Waals surface area (Å²) in [4.78, 5) is 11.5. The Morgan fingerprint density at radius 2 is 2.19 bits per heavy atom.